The van der Waals surface area contributed by atoms with Gasteiger partial charge in [-0.05, 0) is 18.9 Å². The summed E-state index contributed by atoms with van der Waals surface area (Å²) in [4.78, 5) is 0. The molecule has 1 N–H and O–H groups in total. The van der Waals surface area contributed by atoms with E-state index in [4.69, 9.17) is 9.47 Å². The summed E-state index contributed by atoms with van der Waals surface area (Å²) in [5.74, 6) is 1.26. The van der Waals surface area contributed by atoms with Crippen molar-refractivity contribution in [3.63, 3.8) is 0 Å². The normalized spacial score (nSPS) is 15.4. The monoisotopic (exact) mass is 231 g/mol. The molecule has 0 saturated carbocycles. The molecule has 16 heavy (non-hydrogen) atoms. The van der Waals surface area contributed by atoms with Crippen molar-refractivity contribution in [2.75, 3.05) is 33.5 Å². The van der Waals surface area contributed by atoms with Gasteiger partial charge in [0.25, 0.3) is 0 Å². The zero-order valence-electron chi connectivity index (χ0n) is 11.6. The van der Waals surface area contributed by atoms with Gasteiger partial charge in [0.1, 0.15) is 0 Å². The first-order valence-corrected chi connectivity index (χ1v) is 6.44. The van der Waals surface area contributed by atoms with Crippen LogP contribution in [0.4, 0.5) is 0 Å². The summed E-state index contributed by atoms with van der Waals surface area (Å²) < 4.78 is 11.1. The highest BCUT2D eigenvalue weighted by molar-refractivity contribution is 4.69. The van der Waals surface area contributed by atoms with E-state index in [1.807, 2.05) is 7.05 Å². The largest absolute Gasteiger partial charge is 0.379 e. The second-order valence-corrected chi connectivity index (χ2v) is 4.82. The summed E-state index contributed by atoms with van der Waals surface area (Å²) >= 11 is 0. The van der Waals surface area contributed by atoms with E-state index in [1.165, 1.54) is 6.42 Å². The molecule has 0 aromatic rings. The first kappa shape index (κ1) is 15.9. The van der Waals surface area contributed by atoms with Gasteiger partial charge in [0.15, 0.2) is 0 Å². The van der Waals surface area contributed by atoms with E-state index in [2.05, 4.69) is 33.0 Å². The van der Waals surface area contributed by atoms with Crippen LogP contribution in [0.15, 0.2) is 0 Å². The Morgan fingerprint density at radius 1 is 1.00 bits per heavy atom. The number of likely N-dealkylation sites (N-methyl/N-ethyl adjacent to an activating group) is 1. The fourth-order valence-corrected chi connectivity index (χ4v) is 1.46. The number of rotatable bonds is 10. The average Bonchev–Trinajstić information content (AvgIpc) is 2.27. The van der Waals surface area contributed by atoms with Crippen molar-refractivity contribution in [1.29, 1.82) is 0 Å². The lowest BCUT2D eigenvalue weighted by atomic mass is 10.0. The van der Waals surface area contributed by atoms with Crippen molar-refractivity contribution in [2.24, 2.45) is 11.8 Å². The molecule has 0 saturated heterocycles. The maximum atomic E-state index is 5.60. The predicted molar refractivity (Wildman–Crippen MR) is 68.8 cm³/mol. The minimum Gasteiger partial charge on any atom is -0.379 e. The molecule has 98 valence electrons. The Kier molecular flexibility index (Phi) is 9.99. The molecule has 3 heteroatoms. The fraction of sp³-hybridized carbons (Fsp3) is 1.00. The van der Waals surface area contributed by atoms with Gasteiger partial charge in [0, 0.05) is 12.6 Å². The lowest BCUT2D eigenvalue weighted by Crippen LogP contribution is -2.36. The van der Waals surface area contributed by atoms with E-state index in [1.54, 1.807) is 0 Å². The molecule has 0 aliphatic rings. The molecule has 0 radical (unpaired) electrons. The van der Waals surface area contributed by atoms with E-state index in [-0.39, 0.29) is 0 Å². The molecule has 0 rings (SSSR count). The van der Waals surface area contributed by atoms with Crippen molar-refractivity contribution in [3.05, 3.63) is 0 Å². The minimum atomic E-state index is 0.454. The molecule has 2 atom stereocenters. The van der Waals surface area contributed by atoms with Crippen LogP contribution in [-0.4, -0.2) is 39.5 Å². The first-order chi connectivity index (χ1) is 7.61. The molecule has 0 fully saturated rings. The minimum absolute atomic E-state index is 0.454. The third kappa shape index (κ3) is 8.08. The fourth-order valence-electron chi connectivity index (χ4n) is 1.46. The maximum Gasteiger partial charge on any atom is 0.0701 e. The van der Waals surface area contributed by atoms with Crippen LogP contribution < -0.4 is 5.32 Å². The molecule has 0 bridgehead atoms. The van der Waals surface area contributed by atoms with Gasteiger partial charge in [0.05, 0.1) is 19.8 Å². The third-order valence-corrected chi connectivity index (χ3v) is 2.82. The summed E-state index contributed by atoms with van der Waals surface area (Å²) in [7, 11) is 2.00. The Labute approximate surface area is 101 Å². The van der Waals surface area contributed by atoms with Gasteiger partial charge < -0.3 is 14.8 Å². The van der Waals surface area contributed by atoms with Crippen LogP contribution in [0.5, 0.6) is 0 Å². The molecule has 0 aliphatic heterocycles. The molecule has 2 unspecified atom stereocenters. The van der Waals surface area contributed by atoms with Gasteiger partial charge in [-0.2, -0.15) is 0 Å². The molecule has 0 aliphatic carbocycles. The van der Waals surface area contributed by atoms with Crippen LogP contribution in [0, 0.1) is 11.8 Å². The SMILES string of the molecule is CCC(C)C(COCCOCC(C)C)NC. The summed E-state index contributed by atoms with van der Waals surface area (Å²) in [6.45, 7) is 11.8. The number of ether oxygens (including phenoxy) is 2. The molecular weight excluding hydrogens is 202 g/mol. The molecule has 0 aromatic carbocycles. The smallest absolute Gasteiger partial charge is 0.0701 e. The highest BCUT2D eigenvalue weighted by Crippen LogP contribution is 2.07. The van der Waals surface area contributed by atoms with Crippen molar-refractivity contribution < 1.29 is 9.47 Å². The summed E-state index contributed by atoms with van der Waals surface area (Å²) in [6, 6.07) is 0.454. The Morgan fingerprint density at radius 3 is 2.00 bits per heavy atom. The van der Waals surface area contributed by atoms with Crippen LogP contribution in [0.1, 0.15) is 34.1 Å². The lowest BCUT2D eigenvalue weighted by Gasteiger charge is -2.22. The van der Waals surface area contributed by atoms with Gasteiger partial charge in [0.2, 0.25) is 0 Å². The Morgan fingerprint density at radius 2 is 1.56 bits per heavy atom. The van der Waals surface area contributed by atoms with Gasteiger partial charge >= 0.3 is 0 Å². The third-order valence-electron chi connectivity index (χ3n) is 2.82. The van der Waals surface area contributed by atoms with Crippen molar-refractivity contribution in [3.8, 4) is 0 Å². The second kappa shape index (κ2) is 10.1. The average molecular weight is 231 g/mol. The van der Waals surface area contributed by atoms with Crippen LogP contribution >= 0.6 is 0 Å². The standard InChI is InChI=1S/C13H29NO2/c1-6-12(4)13(14-5)10-16-8-7-15-9-11(2)3/h11-14H,6-10H2,1-5H3. The molecule has 0 amide bonds. The zero-order chi connectivity index (χ0) is 12.4. The Hall–Kier alpha value is -0.120. The summed E-state index contributed by atoms with van der Waals surface area (Å²) in [5.41, 5.74) is 0. The van der Waals surface area contributed by atoms with Crippen LogP contribution in [0.3, 0.4) is 0 Å². The van der Waals surface area contributed by atoms with Gasteiger partial charge in [-0.15, -0.1) is 0 Å². The van der Waals surface area contributed by atoms with Crippen LogP contribution in [0.25, 0.3) is 0 Å². The highest BCUT2D eigenvalue weighted by Gasteiger charge is 2.13. The molecule has 0 spiro atoms. The Bertz CT molecular complexity index is 151. The van der Waals surface area contributed by atoms with Crippen molar-refractivity contribution >= 4 is 0 Å². The molecule has 0 aromatic heterocycles. The van der Waals surface area contributed by atoms with Crippen molar-refractivity contribution in [1.82, 2.24) is 5.32 Å². The predicted octanol–water partition coefficient (Wildman–Crippen LogP) is 2.31. The number of nitrogens with one attached hydrogen (secondary N) is 1. The topological polar surface area (TPSA) is 30.5 Å². The maximum absolute atomic E-state index is 5.60. The Balaban J connectivity index is 3.41. The number of hydrogen-bond acceptors (Lipinski definition) is 3. The quantitative estimate of drug-likeness (QED) is 0.585. The summed E-state index contributed by atoms with van der Waals surface area (Å²) in [6.07, 6.45) is 1.18. The van der Waals surface area contributed by atoms with E-state index < -0.39 is 0 Å². The van der Waals surface area contributed by atoms with Crippen molar-refractivity contribution in [2.45, 2.75) is 40.2 Å². The zero-order valence-corrected chi connectivity index (χ0v) is 11.6. The first-order valence-electron chi connectivity index (χ1n) is 6.44. The van der Waals surface area contributed by atoms with Crippen LogP contribution in [-0.2, 0) is 9.47 Å². The van der Waals surface area contributed by atoms with Gasteiger partial charge in [-0.25, -0.2) is 0 Å². The highest BCUT2D eigenvalue weighted by atomic mass is 16.5. The van der Waals surface area contributed by atoms with E-state index in [0.717, 1.165) is 13.2 Å². The van der Waals surface area contributed by atoms with Gasteiger partial charge in [-0.1, -0.05) is 34.1 Å². The number of hydrogen-bond donors (Lipinski definition) is 1. The van der Waals surface area contributed by atoms with Gasteiger partial charge in [-0.3, -0.25) is 0 Å². The van der Waals surface area contributed by atoms with E-state index >= 15 is 0 Å². The second-order valence-electron chi connectivity index (χ2n) is 4.82. The van der Waals surface area contributed by atoms with Crippen LogP contribution in [0.2, 0.25) is 0 Å². The molecule has 0 heterocycles. The summed E-state index contributed by atoms with van der Waals surface area (Å²) in [5, 5.41) is 3.30. The molecular formula is C13H29NO2. The van der Waals surface area contributed by atoms with E-state index in [9.17, 15) is 0 Å². The molecule has 3 nitrogen and oxygen atoms in total. The van der Waals surface area contributed by atoms with E-state index in [0.29, 0.717) is 31.1 Å². The lowest BCUT2D eigenvalue weighted by molar-refractivity contribution is 0.0259.